The quantitative estimate of drug-likeness (QED) is 0.493. The van der Waals surface area contributed by atoms with Gasteiger partial charge in [-0.05, 0) is 36.6 Å². The average Bonchev–Trinajstić information content (AvgIpc) is 2.46. The standard InChI is InChI=1S/C14H15N3O2S/c1-15-12-7-4-8-13(14(12)17(18)19)16-10-5-3-6-11(9-10)20-2/h3-9,15-16H,1-2H3. The van der Waals surface area contributed by atoms with Crippen molar-refractivity contribution in [2.75, 3.05) is 23.9 Å². The van der Waals surface area contributed by atoms with Gasteiger partial charge in [0.05, 0.1) is 4.92 Å². The Balaban J connectivity index is 2.40. The second-order valence-electron chi connectivity index (χ2n) is 4.07. The number of hydrogen-bond acceptors (Lipinski definition) is 5. The van der Waals surface area contributed by atoms with E-state index < -0.39 is 0 Å². The molecule has 20 heavy (non-hydrogen) atoms. The molecule has 0 unspecified atom stereocenters. The van der Waals surface area contributed by atoms with Gasteiger partial charge >= 0.3 is 5.69 Å². The zero-order valence-electron chi connectivity index (χ0n) is 11.2. The summed E-state index contributed by atoms with van der Waals surface area (Å²) in [5.74, 6) is 0. The van der Waals surface area contributed by atoms with E-state index >= 15 is 0 Å². The molecule has 0 amide bonds. The van der Waals surface area contributed by atoms with Crippen molar-refractivity contribution >= 4 is 34.5 Å². The van der Waals surface area contributed by atoms with Crippen LogP contribution in [-0.2, 0) is 0 Å². The number of nitrogens with one attached hydrogen (secondary N) is 2. The lowest BCUT2D eigenvalue weighted by Gasteiger charge is -2.10. The van der Waals surface area contributed by atoms with Gasteiger partial charge in [0.1, 0.15) is 11.4 Å². The summed E-state index contributed by atoms with van der Waals surface area (Å²) < 4.78 is 0. The molecule has 0 saturated heterocycles. The topological polar surface area (TPSA) is 67.2 Å². The second kappa shape index (κ2) is 6.29. The fraction of sp³-hybridized carbons (Fsp3) is 0.143. The number of thioether (sulfide) groups is 1. The Morgan fingerprint density at radius 1 is 1.15 bits per heavy atom. The molecule has 0 atom stereocenters. The van der Waals surface area contributed by atoms with E-state index in [0.29, 0.717) is 11.4 Å². The molecule has 0 aliphatic carbocycles. The largest absolute Gasteiger partial charge is 0.382 e. The van der Waals surface area contributed by atoms with E-state index in [4.69, 9.17) is 0 Å². The molecule has 104 valence electrons. The Kier molecular flexibility index (Phi) is 4.47. The van der Waals surface area contributed by atoms with E-state index in [9.17, 15) is 10.1 Å². The van der Waals surface area contributed by atoms with Crippen LogP contribution in [0.1, 0.15) is 0 Å². The van der Waals surface area contributed by atoms with E-state index in [1.165, 1.54) is 0 Å². The number of rotatable bonds is 5. The molecule has 5 nitrogen and oxygen atoms in total. The molecule has 0 saturated carbocycles. The first kappa shape index (κ1) is 14.2. The summed E-state index contributed by atoms with van der Waals surface area (Å²) in [6.45, 7) is 0. The lowest BCUT2D eigenvalue weighted by atomic mass is 10.2. The fourth-order valence-corrected chi connectivity index (χ4v) is 2.36. The van der Waals surface area contributed by atoms with Crippen molar-refractivity contribution in [1.29, 1.82) is 0 Å². The third kappa shape index (κ3) is 3.03. The Labute approximate surface area is 121 Å². The summed E-state index contributed by atoms with van der Waals surface area (Å²) in [5, 5.41) is 17.2. The first-order valence-electron chi connectivity index (χ1n) is 6.02. The van der Waals surface area contributed by atoms with Crippen LogP contribution in [0, 0.1) is 10.1 Å². The fourth-order valence-electron chi connectivity index (χ4n) is 1.90. The van der Waals surface area contributed by atoms with E-state index in [1.807, 2.05) is 30.5 Å². The molecule has 0 heterocycles. The molecule has 0 fully saturated rings. The van der Waals surface area contributed by atoms with Gasteiger partial charge in [0.15, 0.2) is 0 Å². The number of para-hydroxylation sites is 1. The second-order valence-corrected chi connectivity index (χ2v) is 4.95. The summed E-state index contributed by atoms with van der Waals surface area (Å²) >= 11 is 1.63. The van der Waals surface area contributed by atoms with Gasteiger partial charge in [0.2, 0.25) is 0 Å². The van der Waals surface area contributed by atoms with E-state index in [0.717, 1.165) is 10.6 Å². The highest BCUT2D eigenvalue weighted by atomic mass is 32.2. The Bertz CT molecular complexity index is 632. The lowest BCUT2D eigenvalue weighted by molar-refractivity contribution is -0.383. The summed E-state index contributed by atoms with van der Waals surface area (Å²) in [5.41, 5.74) is 1.83. The minimum atomic E-state index is -0.382. The Morgan fingerprint density at radius 3 is 2.50 bits per heavy atom. The van der Waals surface area contributed by atoms with Crippen molar-refractivity contribution in [2.24, 2.45) is 0 Å². The van der Waals surface area contributed by atoms with Crippen LogP contribution in [0.4, 0.5) is 22.7 Å². The molecule has 0 bridgehead atoms. The molecule has 2 aromatic carbocycles. The maximum absolute atomic E-state index is 11.2. The minimum Gasteiger partial charge on any atom is -0.382 e. The van der Waals surface area contributed by atoms with Gasteiger partial charge in [-0.15, -0.1) is 11.8 Å². The Hall–Kier alpha value is -2.21. The van der Waals surface area contributed by atoms with E-state index in [-0.39, 0.29) is 10.6 Å². The summed E-state index contributed by atoms with van der Waals surface area (Å²) in [7, 11) is 1.67. The molecule has 0 aliphatic heterocycles. The van der Waals surface area contributed by atoms with Crippen LogP contribution in [-0.4, -0.2) is 18.2 Å². The highest BCUT2D eigenvalue weighted by Crippen LogP contribution is 2.34. The summed E-state index contributed by atoms with van der Waals surface area (Å²) in [6.07, 6.45) is 1.99. The zero-order chi connectivity index (χ0) is 14.5. The van der Waals surface area contributed by atoms with E-state index in [1.54, 1.807) is 37.0 Å². The van der Waals surface area contributed by atoms with Crippen molar-refractivity contribution in [3.8, 4) is 0 Å². The van der Waals surface area contributed by atoms with Gasteiger partial charge in [-0.25, -0.2) is 0 Å². The molecule has 0 radical (unpaired) electrons. The maximum atomic E-state index is 11.2. The van der Waals surface area contributed by atoms with Crippen LogP contribution in [0.15, 0.2) is 47.4 Å². The Morgan fingerprint density at radius 2 is 1.85 bits per heavy atom. The van der Waals surface area contributed by atoms with Crippen molar-refractivity contribution < 1.29 is 4.92 Å². The number of nitro benzene ring substituents is 1. The molecule has 2 rings (SSSR count). The minimum absolute atomic E-state index is 0.0459. The van der Waals surface area contributed by atoms with Crippen LogP contribution in [0.2, 0.25) is 0 Å². The number of nitrogens with zero attached hydrogens (tertiary/aromatic N) is 1. The van der Waals surface area contributed by atoms with Gasteiger partial charge in [0, 0.05) is 17.6 Å². The summed E-state index contributed by atoms with van der Waals surface area (Å²) in [6, 6.07) is 12.9. The average molecular weight is 289 g/mol. The molecule has 6 heteroatoms. The maximum Gasteiger partial charge on any atom is 0.315 e. The number of hydrogen-bond donors (Lipinski definition) is 2. The third-order valence-electron chi connectivity index (χ3n) is 2.84. The third-order valence-corrected chi connectivity index (χ3v) is 3.56. The van der Waals surface area contributed by atoms with Gasteiger partial charge in [-0.2, -0.15) is 0 Å². The van der Waals surface area contributed by atoms with Crippen LogP contribution < -0.4 is 10.6 Å². The van der Waals surface area contributed by atoms with Crippen molar-refractivity contribution in [3.05, 3.63) is 52.6 Å². The van der Waals surface area contributed by atoms with Crippen LogP contribution in [0.3, 0.4) is 0 Å². The molecule has 2 N–H and O–H groups in total. The normalized spacial score (nSPS) is 10.1. The number of benzene rings is 2. The molecule has 0 spiro atoms. The predicted octanol–water partition coefficient (Wildman–Crippen LogP) is 4.10. The first-order valence-corrected chi connectivity index (χ1v) is 7.24. The molecule has 0 aliphatic rings. The number of nitro groups is 1. The summed E-state index contributed by atoms with van der Waals surface area (Å²) in [4.78, 5) is 12.0. The van der Waals surface area contributed by atoms with Crippen LogP contribution in [0.5, 0.6) is 0 Å². The molecular weight excluding hydrogens is 274 g/mol. The smallest absolute Gasteiger partial charge is 0.315 e. The van der Waals surface area contributed by atoms with Crippen molar-refractivity contribution in [1.82, 2.24) is 0 Å². The monoisotopic (exact) mass is 289 g/mol. The highest BCUT2D eigenvalue weighted by molar-refractivity contribution is 7.98. The van der Waals surface area contributed by atoms with E-state index in [2.05, 4.69) is 10.6 Å². The van der Waals surface area contributed by atoms with Crippen molar-refractivity contribution in [2.45, 2.75) is 4.90 Å². The molecular formula is C14H15N3O2S. The molecule has 0 aromatic heterocycles. The van der Waals surface area contributed by atoms with Gasteiger partial charge in [-0.3, -0.25) is 10.1 Å². The highest BCUT2D eigenvalue weighted by Gasteiger charge is 2.18. The van der Waals surface area contributed by atoms with Gasteiger partial charge in [-0.1, -0.05) is 12.1 Å². The van der Waals surface area contributed by atoms with Gasteiger partial charge in [0.25, 0.3) is 0 Å². The van der Waals surface area contributed by atoms with Crippen LogP contribution in [0.25, 0.3) is 0 Å². The SMILES string of the molecule is CNc1cccc(Nc2cccc(SC)c2)c1[N+](=O)[O-]. The first-order chi connectivity index (χ1) is 9.65. The van der Waals surface area contributed by atoms with Gasteiger partial charge < -0.3 is 10.6 Å². The number of anilines is 3. The lowest BCUT2D eigenvalue weighted by Crippen LogP contribution is -2.01. The van der Waals surface area contributed by atoms with Crippen molar-refractivity contribution in [3.63, 3.8) is 0 Å². The van der Waals surface area contributed by atoms with Crippen LogP contribution >= 0.6 is 11.8 Å². The molecule has 2 aromatic rings. The zero-order valence-corrected chi connectivity index (χ0v) is 12.0. The predicted molar refractivity (Wildman–Crippen MR) is 84.1 cm³/mol.